The van der Waals surface area contributed by atoms with E-state index in [1.807, 2.05) is 42.5 Å². The molecule has 0 atom stereocenters. The van der Waals surface area contributed by atoms with Crippen LogP contribution in [-0.4, -0.2) is 11.0 Å². The van der Waals surface area contributed by atoms with Crippen LogP contribution >= 0.6 is 11.6 Å². The molecule has 20 heavy (non-hydrogen) atoms. The molecule has 0 bridgehead atoms. The number of halogens is 1. The maximum Gasteiger partial charge on any atom is 0.170 e. The Bertz CT molecular complexity index is 614. The van der Waals surface area contributed by atoms with E-state index in [1.165, 1.54) is 0 Å². The van der Waals surface area contributed by atoms with E-state index >= 15 is 0 Å². The van der Waals surface area contributed by atoms with Crippen LogP contribution in [0.3, 0.4) is 0 Å². The number of hydrogen-bond donors (Lipinski definition) is 3. The number of rotatable bonds is 5. The first-order valence-electron chi connectivity index (χ1n) is 6.21. The van der Waals surface area contributed by atoms with Gasteiger partial charge in [-0.15, -0.1) is 0 Å². The number of nitrogens with zero attached hydrogens (tertiary/aromatic N) is 1. The molecule has 0 spiro atoms. The quantitative estimate of drug-likeness (QED) is 0.343. The minimum Gasteiger partial charge on any atom is -0.409 e. The predicted octanol–water partition coefficient (Wildman–Crippen LogP) is 2.72. The van der Waals surface area contributed by atoms with Crippen LogP contribution in [0.2, 0.25) is 5.02 Å². The molecule has 0 amide bonds. The molecule has 2 aromatic rings. The van der Waals surface area contributed by atoms with Gasteiger partial charge in [0.15, 0.2) is 5.84 Å². The smallest absolute Gasteiger partial charge is 0.170 e. The van der Waals surface area contributed by atoms with Gasteiger partial charge in [0.05, 0.1) is 0 Å². The first-order chi connectivity index (χ1) is 9.69. The molecule has 0 radical (unpaired) electrons. The van der Waals surface area contributed by atoms with Crippen molar-refractivity contribution in [2.75, 3.05) is 0 Å². The van der Waals surface area contributed by atoms with E-state index in [0.717, 1.165) is 22.7 Å². The Morgan fingerprint density at radius 2 is 1.75 bits per heavy atom. The number of hydrogen-bond acceptors (Lipinski definition) is 3. The summed E-state index contributed by atoms with van der Waals surface area (Å²) in [5.41, 5.74) is 8.46. The van der Waals surface area contributed by atoms with Gasteiger partial charge in [0.1, 0.15) is 0 Å². The molecule has 0 unspecified atom stereocenters. The van der Waals surface area contributed by atoms with E-state index in [-0.39, 0.29) is 5.84 Å². The van der Waals surface area contributed by atoms with Crippen molar-refractivity contribution in [1.82, 2.24) is 5.32 Å². The molecule has 4 N–H and O–H groups in total. The average molecular weight is 290 g/mol. The van der Waals surface area contributed by atoms with Crippen molar-refractivity contribution < 1.29 is 5.21 Å². The zero-order valence-electron chi connectivity index (χ0n) is 10.9. The van der Waals surface area contributed by atoms with Crippen molar-refractivity contribution in [2.45, 2.75) is 13.1 Å². The van der Waals surface area contributed by atoms with Gasteiger partial charge in [-0.3, -0.25) is 0 Å². The van der Waals surface area contributed by atoms with Crippen LogP contribution < -0.4 is 11.1 Å². The Balaban J connectivity index is 1.94. The summed E-state index contributed by atoms with van der Waals surface area (Å²) in [5, 5.41) is 15.7. The number of oxime groups is 1. The molecule has 0 aliphatic heterocycles. The van der Waals surface area contributed by atoms with Gasteiger partial charge in [0.25, 0.3) is 0 Å². The summed E-state index contributed by atoms with van der Waals surface area (Å²) in [6.07, 6.45) is 0. The van der Waals surface area contributed by atoms with Crippen molar-refractivity contribution in [3.05, 3.63) is 70.2 Å². The first kappa shape index (κ1) is 14.4. The molecule has 0 fully saturated rings. The highest BCUT2D eigenvalue weighted by Gasteiger charge is 2.01. The van der Waals surface area contributed by atoms with Crippen molar-refractivity contribution >= 4 is 17.4 Å². The summed E-state index contributed by atoms with van der Waals surface area (Å²) >= 11 is 5.93. The third-order valence-electron chi connectivity index (χ3n) is 2.88. The second kappa shape index (κ2) is 6.93. The molecular formula is C15H16ClN3O. The van der Waals surface area contributed by atoms with E-state index in [0.29, 0.717) is 12.1 Å². The summed E-state index contributed by atoms with van der Waals surface area (Å²) < 4.78 is 0. The third-order valence-corrected chi connectivity index (χ3v) is 3.11. The van der Waals surface area contributed by atoms with Gasteiger partial charge in [-0.05, 0) is 29.3 Å². The van der Waals surface area contributed by atoms with Crippen LogP contribution in [0.1, 0.15) is 16.7 Å². The summed E-state index contributed by atoms with van der Waals surface area (Å²) in [5.74, 6) is 0.113. The van der Waals surface area contributed by atoms with Crippen molar-refractivity contribution in [3.8, 4) is 0 Å². The molecule has 0 saturated heterocycles. The van der Waals surface area contributed by atoms with Crippen molar-refractivity contribution in [3.63, 3.8) is 0 Å². The SMILES string of the molecule is NC(=NO)c1cccc(CNCc2cccc(Cl)c2)c1. The lowest BCUT2D eigenvalue weighted by molar-refractivity contribution is 0.318. The lowest BCUT2D eigenvalue weighted by Crippen LogP contribution is -2.15. The van der Waals surface area contributed by atoms with Crippen LogP contribution in [0.4, 0.5) is 0 Å². The lowest BCUT2D eigenvalue weighted by Gasteiger charge is -2.07. The zero-order valence-corrected chi connectivity index (χ0v) is 11.6. The van der Waals surface area contributed by atoms with E-state index in [1.54, 1.807) is 6.07 Å². The molecule has 0 aromatic heterocycles. The van der Waals surface area contributed by atoms with Gasteiger partial charge in [0, 0.05) is 23.7 Å². The van der Waals surface area contributed by atoms with Crippen LogP contribution in [0.5, 0.6) is 0 Å². The summed E-state index contributed by atoms with van der Waals surface area (Å²) in [6.45, 7) is 1.42. The molecule has 4 nitrogen and oxygen atoms in total. The predicted molar refractivity (Wildman–Crippen MR) is 80.9 cm³/mol. The van der Waals surface area contributed by atoms with E-state index < -0.39 is 0 Å². The normalized spacial score (nSPS) is 11.6. The van der Waals surface area contributed by atoms with Gasteiger partial charge in [0.2, 0.25) is 0 Å². The van der Waals surface area contributed by atoms with Crippen LogP contribution in [0.25, 0.3) is 0 Å². The highest BCUT2D eigenvalue weighted by atomic mass is 35.5. The standard InChI is InChI=1S/C15H16ClN3O/c16-14-6-2-4-12(8-14)10-18-9-11-3-1-5-13(7-11)15(17)19-20/h1-8,18,20H,9-10H2,(H2,17,19). The highest BCUT2D eigenvalue weighted by Crippen LogP contribution is 2.11. The molecule has 2 aromatic carbocycles. The third kappa shape index (κ3) is 3.98. The molecule has 2 rings (SSSR count). The molecular weight excluding hydrogens is 274 g/mol. The fraction of sp³-hybridized carbons (Fsp3) is 0.133. The molecule has 104 valence electrons. The van der Waals surface area contributed by atoms with Crippen LogP contribution in [0, 0.1) is 0 Å². The monoisotopic (exact) mass is 289 g/mol. The number of amidine groups is 1. The zero-order chi connectivity index (χ0) is 14.4. The van der Waals surface area contributed by atoms with Gasteiger partial charge >= 0.3 is 0 Å². The van der Waals surface area contributed by atoms with Gasteiger partial charge in [-0.2, -0.15) is 0 Å². The van der Waals surface area contributed by atoms with Gasteiger partial charge in [-0.1, -0.05) is 47.1 Å². The summed E-state index contributed by atoms with van der Waals surface area (Å²) in [7, 11) is 0. The molecule has 5 heteroatoms. The Morgan fingerprint density at radius 3 is 2.40 bits per heavy atom. The Labute approximate surface area is 122 Å². The maximum atomic E-state index is 8.66. The summed E-state index contributed by atoms with van der Waals surface area (Å²) in [6, 6.07) is 15.3. The molecule has 0 heterocycles. The van der Waals surface area contributed by atoms with E-state index in [2.05, 4.69) is 10.5 Å². The number of benzene rings is 2. The molecule has 0 saturated carbocycles. The minimum absolute atomic E-state index is 0.113. The Hall–Kier alpha value is -2.04. The largest absolute Gasteiger partial charge is 0.409 e. The van der Waals surface area contributed by atoms with Crippen LogP contribution in [-0.2, 0) is 13.1 Å². The van der Waals surface area contributed by atoms with E-state index in [9.17, 15) is 0 Å². The number of nitrogens with one attached hydrogen (secondary N) is 1. The highest BCUT2D eigenvalue weighted by molar-refractivity contribution is 6.30. The molecule has 0 aliphatic carbocycles. The van der Waals surface area contributed by atoms with E-state index in [4.69, 9.17) is 22.5 Å². The Morgan fingerprint density at radius 1 is 1.10 bits per heavy atom. The topological polar surface area (TPSA) is 70.6 Å². The fourth-order valence-electron chi connectivity index (χ4n) is 1.90. The molecule has 0 aliphatic rings. The van der Waals surface area contributed by atoms with Crippen molar-refractivity contribution in [2.24, 2.45) is 10.9 Å². The summed E-state index contributed by atoms with van der Waals surface area (Å²) in [4.78, 5) is 0. The van der Waals surface area contributed by atoms with Gasteiger partial charge in [-0.25, -0.2) is 0 Å². The maximum absolute atomic E-state index is 8.66. The fourth-order valence-corrected chi connectivity index (χ4v) is 2.11. The first-order valence-corrected chi connectivity index (χ1v) is 6.59. The van der Waals surface area contributed by atoms with Gasteiger partial charge < -0.3 is 16.3 Å². The second-order valence-corrected chi connectivity index (χ2v) is 4.86. The lowest BCUT2D eigenvalue weighted by atomic mass is 10.1. The average Bonchev–Trinajstić information content (AvgIpc) is 2.47. The Kier molecular flexibility index (Phi) is 4.98. The number of nitrogens with two attached hydrogens (primary N) is 1. The second-order valence-electron chi connectivity index (χ2n) is 4.42. The minimum atomic E-state index is 0.113. The van der Waals surface area contributed by atoms with Crippen LogP contribution in [0.15, 0.2) is 53.7 Å². The van der Waals surface area contributed by atoms with Crippen molar-refractivity contribution in [1.29, 1.82) is 0 Å².